The smallest absolute Gasteiger partial charge is 0.228 e. The van der Waals surface area contributed by atoms with E-state index in [2.05, 4.69) is 4.90 Å². The van der Waals surface area contributed by atoms with Gasteiger partial charge < -0.3 is 9.47 Å². The molecule has 8 nitrogen and oxygen atoms in total. The van der Waals surface area contributed by atoms with Gasteiger partial charge in [0.15, 0.2) is 15.0 Å². The Kier molecular flexibility index (Phi) is 9.30. The SMILES string of the molecule is CCOc1ccc2nc(N(CCCN3CCOCC3)C(=O)CCCS(=O)(=O)c3ccccc3)sc2c1. The molecule has 10 heteroatoms. The first-order chi connectivity index (χ1) is 17.5. The van der Waals surface area contributed by atoms with E-state index in [0.29, 0.717) is 18.3 Å². The van der Waals surface area contributed by atoms with Crippen molar-refractivity contribution in [1.82, 2.24) is 9.88 Å². The fraction of sp³-hybridized carbons (Fsp3) is 0.462. The number of sulfone groups is 1. The summed E-state index contributed by atoms with van der Waals surface area (Å²) in [7, 11) is -3.42. The average molecular weight is 532 g/mol. The fourth-order valence-electron chi connectivity index (χ4n) is 4.16. The lowest BCUT2D eigenvalue weighted by Gasteiger charge is -2.27. The zero-order chi connectivity index (χ0) is 25.4. The Morgan fingerprint density at radius 1 is 1.14 bits per heavy atom. The summed E-state index contributed by atoms with van der Waals surface area (Å²) in [4.78, 5) is 22.4. The zero-order valence-electron chi connectivity index (χ0n) is 20.6. The second-order valence-electron chi connectivity index (χ2n) is 8.65. The molecule has 3 aromatic rings. The monoisotopic (exact) mass is 531 g/mol. The second kappa shape index (κ2) is 12.6. The van der Waals surface area contributed by atoms with E-state index in [4.69, 9.17) is 14.5 Å². The van der Waals surface area contributed by atoms with Gasteiger partial charge in [0.1, 0.15) is 5.75 Å². The lowest BCUT2D eigenvalue weighted by atomic mass is 10.2. The topological polar surface area (TPSA) is 89.0 Å². The highest BCUT2D eigenvalue weighted by Crippen LogP contribution is 2.32. The summed E-state index contributed by atoms with van der Waals surface area (Å²) in [6.07, 6.45) is 1.20. The Hall–Kier alpha value is -2.53. The highest BCUT2D eigenvalue weighted by molar-refractivity contribution is 7.91. The van der Waals surface area contributed by atoms with Crippen LogP contribution in [0.15, 0.2) is 53.4 Å². The molecule has 2 aromatic carbocycles. The predicted molar refractivity (Wildman–Crippen MR) is 143 cm³/mol. The minimum Gasteiger partial charge on any atom is -0.494 e. The molecule has 0 N–H and O–H groups in total. The number of hydrogen-bond donors (Lipinski definition) is 0. The summed E-state index contributed by atoms with van der Waals surface area (Å²) in [5, 5.41) is 0.636. The van der Waals surface area contributed by atoms with Crippen molar-refractivity contribution in [3.8, 4) is 5.75 Å². The maximum Gasteiger partial charge on any atom is 0.228 e. The minimum absolute atomic E-state index is 0.0675. The van der Waals surface area contributed by atoms with Crippen molar-refractivity contribution >= 4 is 42.4 Å². The van der Waals surface area contributed by atoms with Gasteiger partial charge in [0.25, 0.3) is 0 Å². The summed E-state index contributed by atoms with van der Waals surface area (Å²) in [5.41, 5.74) is 0.816. The third-order valence-corrected chi connectivity index (χ3v) is 8.92. The molecule has 1 aliphatic rings. The number of aromatic nitrogens is 1. The maximum absolute atomic E-state index is 13.3. The lowest BCUT2D eigenvalue weighted by molar-refractivity contribution is -0.118. The van der Waals surface area contributed by atoms with Crippen molar-refractivity contribution in [2.24, 2.45) is 0 Å². The third-order valence-electron chi connectivity index (χ3n) is 6.06. The van der Waals surface area contributed by atoms with Crippen molar-refractivity contribution in [1.29, 1.82) is 0 Å². The number of nitrogens with zero attached hydrogens (tertiary/aromatic N) is 3. The Labute approximate surface area is 216 Å². The molecule has 1 aromatic heterocycles. The number of fused-ring (bicyclic) bond motifs is 1. The number of thiazole rings is 1. The number of anilines is 1. The molecule has 1 amide bonds. The summed E-state index contributed by atoms with van der Waals surface area (Å²) >= 11 is 1.46. The molecule has 0 spiro atoms. The maximum atomic E-state index is 13.3. The zero-order valence-corrected chi connectivity index (χ0v) is 22.2. The number of carbonyl (C=O) groups is 1. The first-order valence-corrected chi connectivity index (χ1v) is 14.8. The molecule has 0 radical (unpaired) electrons. The number of benzene rings is 2. The van der Waals surface area contributed by atoms with Crippen molar-refractivity contribution in [3.05, 3.63) is 48.5 Å². The van der Waals surface area contributed by atoms with E-state index < -0.39 is 9.84 Å². The fourth-order valence-corrected chi connectivity index (χ4v) is 6.53. The van der Waals surface area contributed by atoms with Crippen LogP contribution in [-0.4, -0.2) is 76.0 Å². The summed E-state index contributed by atoms with van der Waals surface area (Å²) in [5.74, 6) is 0.600. The Morgan fingerprint density at radius 3 is 2.67 bits per heavy atom. The van der Waals surface area contributed by atoms with Crippen LogP contribution in [0.2, 0.25) is 0 Å². The number of rotatable bonds is 12. The quantitative estimate of drug-likeness (QED) is 0.349. The molecule has 0 bridgehead atoms. The van der Waals surface area contributed by atoms with Crippen LogP contribution in [-0.2, 0) is 19.4 Å². The largest absolute Gasteiger partial charge is 0.494 e. The summed E-state index contributed by atoms with van der Waals surface area (Å²) in [6, 6.07) is 14.1. The van der Waals surface area contributed by atoms with E-state index in [1.807, 2.05) is 25.1 Å². The van der Waals surface area contributed by atoms with E-state index in [1.165, 1.54) is 11.3 Å². The van der Waals surface area contributed by atoms with E-state index >= 15 is 0 Å². The Balaban J connectivity index is 1.44. The number of carbonyl (C=O) groups excluding carboxylic acids is 1. The minimum atomic E-state index is -3.42. The second-order valence-corrected chi connectivity index (χ2v) is 11.8. The van der Waals surface area contributed by atoms with Crippen molar-refractivity contribution < 1.29 is 22.7 Å². The molecular formula is C26H33N3O5S2. The van der Waals surface area contributed by atoms with Crippen molar-refractivity contribution in [3.63, 3.8) is 0 Å². The van der Waals surface area contributed by atoms with Crippen LogP contribution in [0.4, 0.5) is 5.13 Å². The number of morpholine rings is 1. The Morgan fingerprint density at radius 2 is 1.92 bits per heavy atom. The normalized spacial score (nSPS) is 14.7. The standard InChI is InChI=1S/C26H33N3O5S2/c1-2-34-21-11-12-23-24(20-21)35-26(27-23)29(14-7-13-28-15-17-33-18-16-28)25(30)10-6-19-36(31,32)22-8-4-3-5-9-22/h3-5,8-9,11-12,20H,2,6-7,10,13-19H2,1H3. The van der Waals surface area contributed by atoms with Crippen LogP contribution in [0, 0.1) is 0 Å². The van der Waals surface area contributed by atoms with Gasteiger partial charge in [0.05, 0.1) is 40.7 Å². The van der Waals surface area contributed by atoms with Gasteiger partial charge in [0.2, 0.25) is 5.91 Å². The molecule has 36 heavy (non-hydrogen) atoms. The van der Waals surface area contributed by atoms with Gasteiger partial charge >= 0.3 is 0 Å². The van der Waals surface area contributed by atoms with Gasteiger partial charge in [-0.05, 0) is 50.1 Å². The first kappa shape index (κ1) is 26.5. The number of hydrogen-bond acceptors (Lipinski definition) is 8. The van der Waals surface area contributed by atoms with E-state index in [0.717, 1.165) is 55.2 Å². The van der Waals surface area contributed by atoms with E-state index in [-0.39, 0.29) is 29.4 Å². The number of ether oxygens (including phenoxy) is 2. The molecule has 1 fully saturated rings. The van der Waals surface area contributed by atoms with Gasteiger partial charge in [-0.15, -0.1) is 0 Å². The molecule has 0 aliphatic carbocycles. The number of amides is 1. The van der Waals surface area contributed by atoms with Gasteiger partial charge in [-0.2, -0.15) is 0 Å². The highest BCUT2D eigenvalue weighted by atomic mass is 32.2. The van der Waals surface area contributed by atoms with Crippen LogP contribution in [0.1, 0.15) is 26.2 Å². The van der Waals surface area contributed by atoms with E-state index in [1.54, 1.807) is 35.2 Å². The van der Waals surface area contributed by atoms with Crippen LogP contribution < -0.4 is 9.64 Å². The predicted octanol–water partition coefficient (Wildman–Crippen LogP) is 4.00. The van der Waals surface area contributed by atoms with Crippen LogP contribution >= 0.6 is 11.3 Å². The van der Waals surface area contributed by atoms with Gasteiger partial charge in [-0.25, -0.2) is 13.4 Å². The van der Waals surface area contributed by atoms with Crippen LogP contribution in [0.5, 0.6) is 5.75 Å². The summed E-state index contributed by atoms with van der Waals surface area (Å²) in [6.45, 7) is 7.18. The molecule has 0 unspecified atom stereocenters. The highest BCUT2D eigenvalue weighted by Gasteiger charge is 2.22. The molecule has 4 rings (SSSR count). The van der Waals surface area contributed by atoms with Gasteiger partial charge in [-0.1, -0.05) is 29.5 Å². The van der Waals surface area contributed by atoms with Gasteiger partial charge in [0, 0.05) is 32.6 Å². The van der Waals surface area contributed by atoms with Crippen LogP contribution in [0.3, 0.4) is 0 Å². The van der Waals surface area contributed by atoms with Gasteiger partial charge in [-0.3, -0.25) is 14.6 Å². The molecule has 194 valence electrons. The lowest BCUT2D eigenvalue weighted by Crippen LogP contribution is -2.39. The first-order valence-electron chi connectivity index (χ1n) is 12.4. The molecule has 1 saturated heterocycles. The molecule has 1 aliphatic heterocycles. The van der Waals surface area contributed by atoms with Crippen molar-refractivity contribution in [2.45, 2.75) is 31.1 Å². The summed E-state index contributed by atoms with van der Waals surface area (Å²) < 4.78 is 37.3. The van der Waals surface area contributed by atoms with Crippen LogP contribution in [0.25, 0.3) is 10.2 Å². The molecule has 2 heterocycles. The molecular weight excluding hydrogens is 498 g/mol. The third kappa shape index (κ3) is 7.03. The molecule has 0 saturated carbocycles. The van der Waals surface area contributed by atoms with E-state index in [9.17, 15) is 13.2 Å². The van der Waals surface area contributed by atoms with Crippen molar-refractivity contribution in [2.75, 3.05) is 56.7 Å². The Bertz CT molecular complexity index is 1240. The average Bonchev–Trinajstić information content (AvgIpc) is 3.31. The molecule has 0 atom stereocenters.